The van der Waals surface area contributed by atoms with Gasteiger partial charge in [-0.1, -0.05) is 29.4 Å². The van der Waals surface area contributed by atoms with E-state index in [1.807, 2.05) is 30.3 Å². The third kappa shape index (κ3) is 5.96. The summed E-state index contributed by atoms with van der Waals surface area (Å²) in [5.74, 6) is 2.29. The van der Waals surface area contributed by atoms with Gasteiger partial charge in [0, 0.05) is 13.1 Å². The summed E-state index contributed by atoms with van der Waals surface area (Å²) in [6.07, 6.45) is 5.45. The van der Waals surface area contributed by atoms with Crippen molar-refractivity contribution in [3.63, 3.8) is 0 Å². The average Bonchev–Trinajstić information content (AvgIpc) is 2.72. The van der Waals surface area contributed by atoms with Crippen LogP contribution in [0.5, 0.6) is 5.75 Å². The Morgan fingerprint density at radius 1 is 1.15 bits per heavy atom. The Morgan fingerprint density at radius 3 is 2.59 bits per heavy atom. The van der Waals surface area contributed by atoms with E-state index >= 15 is 0 Å². The molecule has 0 atom stereocenters. The molecule has 1 aromatic heterocycles. The van der Waals surface area contributed by atoms with Crippen LogP contribution >= 0.6 is 11.6 Å². The third-order valence-corrected chi connectivity index (χ3v) is 4.59. The Kier molecular flexibility index (Phi) is 7.04. The van der Waals surface area contributed by atoms with Crippen molar-refractivity contribution in [2.75, 3.05) is 31.2 Å². The van der Waals surface area contributed by atoms with Gasteiger partial charge in [0.1, 0.15) is 12.4 Å². The highest BCUT2D eigenvalue weighted by Gasteiger charge is 2.21. The number of oxime groups is 1. The first-order valence-electron chi connectivity index (χ1n) is 8.98. The fourth-order valence-corrected chi connectivity index (χ4v) is 2.97. The molecule has 0 radical (unpaired) electrons. The summed E-state index contributed by atoms with van der Waals surface area (Å²) in [4.78, 5) is 7.23. The summed E-state index contributed by atoms with van der Waals surface area (Å²) in [5, 5.41) is 12.3. The Hall–Kier alpha value is -2.60. The van der Waals surface area contributed by atoms with E-state index in [-0.39, 0.29) is 0 Å². The Balaban J connectivity index is 1.41. The molecule has 3 rings (SSSR count). The number of rotatable bonds is 8. The predicted molar refractivity (Wildman–Crippen MR) is 108 cm³/mol. The van der Waals surface area contributed by atoms with E-state index in [1.54, 1.807) is 18.4 Å². The van der Waals surface area contributed by atoms with Gasteiger partial charge in [-0.25, -0.2) is 0 Å². The number of benzene rings is 1. The van der Waals surface area contributed by atoms with Crippen molar-refractivity contribution in [1.29, 1.82) is 0 Å². The van der Waals surface area contributed by atoms with Gasteiger partial charge in [0.15, 0.2) is 11.0 Å². The maximum atomic E-state index is 5.95. The van der Waals surface area contributed by atoms with Gasteiger partial charge in [-0.3, -0.25) is 0 Å². The van der Waals surface area contributed by atoms with E-state index in [4.69, 9.17) is 21.2 Å². The minimum absolute atomic E-state index is 0.404. The molecule has 0 spiro atoms. The largest absolute Gasteiger partial charge is 0.493 e. The van der Waals surface area contributed by atoms with Gasteiger partial charge in [0.25, 0.3) is 0 Å². The van der Waals surface area contributed by atoms with Crippen LogP contribution in [0.15, 0.2) is 54.2 Å². The van der Waals surface area contributed by atoms with Crippen LogP contribution in [-0.4, -0.2) is 42.7 Å². The molecule has 2 aromatic rings. The molecule has 2 heterocycles. The number of hydrogen-bond donors (Lipinski definition) is 0. The average molecular weight is 387 g/mol. The summed E-state index contributed by atoms with van der Waals surface area (Å²) in [6.45, 7) is 6.59. The normalized spacial score (nSPS) is 15.1. The zero-order chi connectivity index (χ0) is 18.9. The van der Waals surface area contributed by atoms with Crippen LogP contribution in [0, 0.1) is 5.92 Å². The standard InChI is InChI=1S/C20H23ClN4O2/c1-2-13-27-22-14-16-3-5-18(6-4-16)26-15-17-9-11-25(12-10-17)20-8-7-19(21)23-24-20/h2-8,14,17H,1,9-13,15H2/b22-14+. The van der Waals surface area contributed by atoms with Crippen molar-refractivity contribution < 1.29 is 9.57 Å². The van der Waals surface area contributed by atoms with Crippen molar-refractivity contribution in [1.82, 2.24) is 10.2 Å². The second-order valence-corrected chi connectivity index (χ2v) is 6.73. The van der Waals surface area contributed by atoms with E-state index in [0.717, 1.165) is 49.7 Å². The summed E-state index contributed by atoms with van der Waals surface area (Å²) in [7, 11) is 0. The van der Waals surface area contributed by atoms with E-state index in [9.17, 15) is 0 Å². The zero-order valence-electron chi connectivity index (χ0n) is 15.1. The van der Waals surface area contributed by atoms with E-state index in [0.29, 0.717) is 17.7 Å². The molecule has 1 aliphatic rings. The lowest BCUT2D eigenvalue weighted by Crippen LogP contribution is -2.36. The molecule has 0 aliphatic carbocycles. The molecule has 0 unspecified atom stereocenters. The van der Waals surface area contributed by atoms with Gasteiger partial charge in [-0.05, 0) is 60.7 Å². The molecule has 1 aliphatic heterocycles. The van der Waals surface area contributed by atoms with Crippen molar-refractivity contribution in [2.24, 2.45) is 11.1 Å². The van der Waals surface area contributed by atoms with Crippen LogP contribution in [0.3, 0.4) is 0 Å². The lowest BCUT2D eigenvalue weighted by atomic mass is 9.98. The third-order valence-electron chi connectivity index (χ3n) is 4.39. The Morgan fingerprint density at radius 2 is 1.93 bits per heavy atom. The van der Waals surface area contributed by atoms with Crippen LogP contribution in [0.4, 0.5) is 5.82 Å². The SMILES string of the molecule is C=CCO/N=C/c1ccc(OCC2CCN(c3ccc(Cl)nn3)CC2)cc1. The lowest BCUT2D eigenvalue weighted by molar-refractivity contribution is 0.176. The summed E-state index contributed by atoms with van der Waals surface area (Å²) in [6, 6.07) is 11.5. The summed E-state index contributed by atoms with van der Waals surface area (Å²) in [5.41, 5.74) is 0.962. The van der Waals surface area contributed by atoms with Gasteiger partial charge in [-0.15, -0.1) is 10.2 Å². The number of anilines is 1. The molecule has 27 heavy (non-hydrogen) atoms. The molecule has 1 saturated heterocycles. The molecule has 1 aromatic carbocycles. The van der Waals surface area contributed by atoms with Gasteiger partial charge in [-0.2, -0.15) is 0 Å². The minimum Gasteiger partial charge on any atom is -0.493 e. The molecule has 0 saturated carbocycles. The molecule has 0 bridgehead atoms. The number of aromatic nitrogens is 2. The maximum absolute atomic E-state index is 5.95. The highest BCUT2D eigenvalue weighted by molar-refractivity contribution is 6.29. The number of hydrogen-bond acceptors (Lipinski definition) is 6. The van der Waals surface area contributed by atoms with Gasteiger partial charge in [0.2, 0.25) is 0 Å². The van der Waals surface area contributed by atoms with Gasteiger partial charge >= 0.3 is 0 Å². The molecule has 142 valence electrons. The van der Waals surface area contributed by atoms with Gasteiger partial charge < -0.3 is 14.5 Å². The van der Waals surface area contributed by atoms with Crippen molar-refractivity contribution >= 4 is 23.6 Å². The molecular weight excluding hydrogens is 364 g/mol. The molecule has 0 N–H and O–H groups in total. The maximum Gasteiger partial charge on any atom is 0.151 e. The van der Waals surface area contributed by atoms with Crippen molar-refractivity contribution in [3.8, 4) is 5.75 Å². The highest BCUT2D eigenvalue weighted by atomic mass is 35.5. The van der Waals surface area contributed by atoms with Crippen LogP contribution in [-0.2, 0) is 4.84 Å². The Bertz CT molecular complexity index is 742. The van der Waals surface area contributed by atoms with E-state index < -0.39 is 0 Å². The first-order valence-corrected chi connectivity index (χ1v) is 9.35. The molecule has 1 fully saturated rings. The highest BCUT2D eigenvalue weighted by Crippen LogP contribution is 2.23. The summed E-state index contributed by atoms with van der Waals surface area (Å²) < 4.78 is 5.95. The number of halogens is 1. The van der Waals surface area contributed by atoms with Crippen molar-refractivity contribution in [3.05, 3.63) is 59.8 Å². The first kappa shape index (κ1) is 19.2. The van der Waals surface area contributed by atoms with Crippen LogP contribution in [0.2, 0.25) is 5.15 Å². The predicted octanol–water partition coefficient (Wildman–Crippen LogP) is 3.96. The molecule has 0 amide bonds. The number of ether oxygens (including phenoxy) is 1. The lowest BCUT2D eigenvalue weighted by Gasteiger charge is -2.32. The van der Waals surface area contributed by atoms with Gasteiger partial charge in [0.05, 0.1) is 12.8 Å². The Labute approximate surface area is 164 Å². The first-order chi connectivity index (χ1) is 13.2. The fraction of sp³-hybridized carbons (Fsp3) is 0.350. The fourth-order valence-electron chi connectivity index (χ4n) is 2.86. The van der Waals surface area contributed by atoms with Crippen LogP contribution < -0.4 is 9.64 Å². The second kappa shape index (κ2) is 9.92. The zero-order valence-corrected chi connectivity index (χ0v) is 15.9. The quantitative estimate of drug-likeness (QED) is 0.297. The molecule has 7 heteroatoms. The number of piperidine rings is 1. The monoisotopic (exact) mass is 386 g/mol. The van der Waals surface area contributed by atoms with Crippen LogP contribution in [0.1, 0.15) is 18.4 Å². The van der Waals surface area contributed by atoms with Crippen molar-refractivity contribution in [2.45, 2.75) is 12.8 Å². The topological polar surface area (TPSA) is 59.8 Å². The molecular formula is C20H23ClN4O2. The van der Waals surface area contributed by atoms with E-state index in [1.165, 1.54) is 0 Å². The molecule has 6 nitrogen and oxygen atoms in total. The summed E-state index contributed by atoms with van der Waals surface area (Å²) >= 11 is 5.80. The number of nitrogens with zero attached hydrogens (tertiary/aromatic N) is 4. The minimum atomic E-state index is 0.404. The second-order valence-electron chi connectivity index (χ2n) is 6.34. The van der Waals surface area contributed by atoms with E-state index in [2.05, 4.69) is 26.8 Å². The van der Waals surface area contributed by atoms with Crippen LogP contribution in [0.25, 0.3) is 0 Å². The smallest absolute Gasteiger partial charge is 0.151 e.